The summed E-state index contributed by atoms with van der Waals surface area (Å²) in [6, 6.07) is 6.84. The molecule has 0 aliphatic heterocycles. The summed E-state index contributed by atoms with van der Waals surface area (Å²) >= 11 is 0. The van der Waals surface area contributed by atoms with Crippen LogP contribution in [0.15, 0.2) is 24.3 Å². The molecule has 3 rings (SSSR count). The lowest BCUT2D eigenvalue weighted by Gasteiger charge is -2.26. The Morgan fingerprint density at radius 1 is 0.786 bits per heavy atom. The SMILES string of the molecule is CCCc1c(OC)c(OC)c(OC)c2c1C(=O)c1ccccc1C2=O.CNC. The Labute approximate surface area is 165 Å². The molecule has 2 aromatic rings. The molecule has 0 aromatic heterocycles. The van der Waals surface area contributed by atoms with Gasteiger partial charge in [0.25, 0.3) is 0 Å². The summed E-state index contributed by atoms with van der Waals surface area (Å²) < 4.78 is 16.5. The van der Waals surface area contributed by atoms with Crippen LogP contribution < -0.4 is 19.5 Å². The number of benzene rings is 2. The number of ketones is 2. The molecule has 1 aliphatic rings. The van der Waals surface area contributed by atoms with Crippen LogP contribution in [0.1, 0.15) is 50.8 Å². The fourth-order valence-corrected chi connectivity index (χ4v) is 3.43. The summed E-state index contributed by atoms with van der Waals surface area (Å²) in [6.07, 6.45) is 1.38. The van der Waals surface area contributed by atoms with Crippen LogP contribution in [0, 0.1) is 0 Å². The molecule has 0 saturated heterocycles. The number of hydrogen-bond donors (Lipinski definition) is 1. The van der Waals surface area contributed by atoms with Crippen molar-refractivity contribution in [3.63, 3.8) is 0 Å². The lowest BCUT2D eigenvalue weighted by molar-refractivity contribution is 0.0974. The van der Waals surface area contributed by atoms with Gasteiger partial charge < -0.3 is 19.5 Å². The average molecular weight is 385 g/mol. The third-order valence-corrected chi connectivity index (χ3v) is 4.45. The van der Waals surface area contributed by atoms with E-state index in [-0.39, 0.29) is 22.9 Å². The number of fused-ring (bicyclic) bond motifs is 2. The highest BCUT2D eigenvalue weighted by Gasteiger charge is 2.38. The van der Waals surface area contributed by atoms with E-state index in [9.17, 15) is 9.59 Å². The second kappa shape index (κ2) is 9.37. The van der Waals surface area contributed by atoms with Crippen molar-refractivity contribution in [3.8, 4) is 17.2 Å². The minimum absolute atomic E-state index is 0.187. The van der Waals surface area contributed by atoms with Gasteiger partial charge in [-0.3, -0.25) is 9.59 Å². The number of methoxy groups -OCH3 is 3. The van der Waals surface area contributed by atoms with Crippen molar-refractivity contribution in [3.05, 3.63) is 52.1 Å². The van der Waals surface area contributed by atoms with Gasteiger partial charge in [-0.1, -0.05) is 37.6 Å². The molecule has 0 bridgehead atoms. The molecule has 0 saturated carbocycles. The van der Waals surface area contributed by atoms with Gasteiger partial charge in [0.05, 0.1) is 26.9 Å². The molecule has 6 heteroatoms. The van der Waals surface area contributed by atoms with Crippen LogP contribution in [0.5, 0.6) is 17.2 Å². The average Bonchev–Trinajstić information content (AvgIpc) is 2.71. The Bertz CT molecular complexity index is 889. The molecule has 0 atom stereocenters. The lowest BCUT2D eigenvalue weighted by Crippen LogP contribution is -2.24. The standard InChI is InChI=1S/C20H20O5.C2H7N/c1-5-8-13-14-15(19(24-3)20(25-4)18(13)23-2)17(22)12-10-7-6-9-11(12)16(14)21;1-3-2/h6-7,9-10H,5,8H2,1-4H3;3H,1-2H3. The third kappa shape index (κ3) is 3.47. The summed E-state index contributed by atoms with van der Waals surface area (Å²) in [4.78, 5) is 26.3. The summed E-state index contributed by atoms with van der Waals surface area (Å²) in [6.45, 7) is 2.01. The molecule has 1 aliphatic carbocycles. The van der Waals surface area contributed by atoms with Crippen molar-refractivity contribution in [2.75, 3.05) is 35.4 Å². The molecule has 1 N–H and O–H groups in total. The molecular weight excluding hydrogens is 358 g/mol. The molecule has 0 unspecified atom stereocenters. The van der Waals surface area contributed by atoms with Gasteiger partial charge in [-0.2, -0.15) is 0 Å². The Morgan fingerprint density at radius 2 is 1.25 bits per heavy atom. The fourth-order valence-electron chi connectivity index (χ4n) is 3.43. The first-order valence-electron chi connectivity index (χ1n) is 9.13. The normalized spacial score (nSPS) is 11.8. The Hall–Kier alpha value is -2.86. The van der Waals surface area contributed by atoms with E-state index in [2.05, 4.69) is 5.32 Å². The maximum absolute atomic E-state index is 13.2. The minimum atomic E-state index is -0.236. The Morgan fingerprint density at radius 3 is 1.68 bits per heavy atom. The summed E-state index contributed by atoms with van der Waals surface area (Å²) in [7, 11) is 8.22. The zero-order valence-electron chi connectivity index (χ0n) is 17.3. The highest BCUT2D eigenvalue weighted by Crippen LogP contribution is 2.48. The minimum Gasteiger partial charge on any atom is -0.492 e. The van der Waals surface area contributed by atoms with E-state index < -0.39 is 0 Å². The van der Waals surface area contributed by atoms with Crippen LogP contribution in [0.25, 0.3) is 0 Å². The summed E-state index contributed by atoms with van der Waals surface area (Å²) in [5, 5.41) is 2.75. The Balaban J connectivity index is 0.000000878. The topological polar surface area (TPSA) is 73.9 Å². The quantitative estimate of drug-likeness (QED) is 0.727. The fraction of sp³-hybridized carbons (Fsp3) is 0.364. The zero-order valence-corrected chi connectivity index (χ0v) is 17.3. The predicted molar refractivity (Wildman–Crippen MR) is 108 cm³/mol. The molecule has 150 valence electrons. The third-order valence-electron chi connectivity index (χ3n) is 4.45. The van der Waals surface area contributed by atoms with Gasteiger partial charge in [-0.25, -0.2) is 0 Å². The van der Waals surface area contributed by atoms with Crippen LogP contribution >= 0.6 is 0 Å². The van der Waals surface area contributed by atoms with Gasteiger partial charge in [-0.05, 0) is 20.5 Å². The molecular formula is C22H27NO5. The van der Waals surface area contributed by atoms with Crippen molar-refractivity contribution in [1.29, 1.82) is 0 Å². The first-order chi connectivity index (χ1) is 13.5. The first kappa shape index (κ1) is 21.4. The van der Waals surface area contributed by atoms with Gasteiger partial charge in [0, 0.05) is 22.3 Å². The molecule has 0 fully saturated rings. The van der Waals surface area contributed by atoms with Gasteiger partial charge in [0.15, 0.2) is 23.1 Å². The van der Waals surface area contributed by atoms with Crippen LogP contribution in [-0.4, -0.2) is 47.0 Å². The van der Waals surface area contributed by atoms with E-state index in [0.717, 1.165) is 6.42 Å². The van der Waals surface area contributed by atoms with Crippen LogP contribution in [-0.2, 0) is 6.42 Å². The largest absolute Gasteiger partial charge is 0.492 e. The Kier molecular flexibility index (Phi) is 7.18. The van der Waals surface area contributed by atoms with Gasteiger partial charge in [0.2, 0.25) is 5.75 Å². The number of ether oxygens (including phenoxy) is 3. The van der Waals surface area contributed by atoms with Crippen molar-refractivity contribution in [1.82, 2.24) is 5.32 Å². The van der Waals surface area contributed by atoms with Crippen LogP contribution in [0.2, 0.25) is 0 Å². The van der Waals surface area contributed by atoms with Gasteiger partial charge >= 0.3 is 0 Å². The van der Waals surface area contributed by atoms with Crippen molar-refractivity contribution in [2.45, 2.75) is 19.8 Å². The van der Waals surface area contributed by atoms with Crippen LogP contribution in [0.3, 0.4) is 0 Å². The highest BCUT2D eigenvalue weighted by molar-refractivity contribution is 6.30. The molecule has 0 spiro atoms. The van der Waals surface area contributed by atoms with E-state index in [1.54, 1.807) is 24.3 Å². The molecule has 28 heavy (non-hydrogen) atoms. The van der Waals surface area contributed by atoms with Crippen molar-refractivity contribution in [2.24, 2.45) is 0 Å². The van der Waals surface area contributed by atoms with Crippen LogP contribution in [0.4, 0.5) is 0 Å². The maximum atomic E-state index is 13.2. The van der Waals surface area contributed by atoms with E-state index >= 15 is 0 Å². The van der Waals surface area contributed by atoms with Crippen molar-refractivity contribution < 1.29 is 23.8 Å². The zero-order chi connectivity index (χ0) is 20.8. The highest BCUT2D eigenvalue weighted by atomic mass is 16.5. The smallest absolute Gasteiger partial charge is 0.204 e. The molecule has 0 heterocycles. The molecule has 0 radical (unpaired) electrons. The number of carbonyl (C=O) groups excluding carboxylic acids is 2. The monoisotopic (exact) mass is 385 g/mol. The van der Waals surface area contributed by atoms with E-state index in [1.807, 2.05) is 21.0 Å². The molecule has 2 aromatic carbocycles. The van der Waals surface area contributed by atoms with E-state index in [4.69, 9.17) is 14.2 Å². The predicted octanol–water partition coefficient (Wildman–Crippen LogP) is 3.28. The lowest BCUT2D eigenvalue weighted by atomic mass is 9.80. The van der Waals surface area contributed by atoms with Crippen molar-refractivity contribution >= 4 is 11.6 Å². The van der Waals surface area contributed by atoms with Gasteiger partial charge in [-0.15, -0.1) is 0 Å². The molecule has 6 nitrogen and oxygen atoms in total. The number of carbonyl (C=O) groups is 2. The second-order valence-electron chi connectivity index (χ2n) is 6.28. The number of nitrogens with one attached hydrogen (secondary N) is 1. The number of rotatable bonds is 5. The van der Waals surface area contributed by atoms with E-state index in [0.29, 0.717) is 40.2 Å². The van der Waals surface area contributed by atoms with E-state index in [1.165, 1.54) is 21.3 Å². The maximum Gasteiger partial charge on any atom is 0.204 e. The molecule has 0 amide bonds. The summed E-state index contributed by atoms with van der Waals surface area (Å²) in [5.74, 6) is 0.600. The number of hydrogen-bond acceptors (Lipinski definition) is 6. The van der Waals surface area contributed by atoms with Gasteiger partial charge in [0.1, 0.15) is 0 Å². The first-order valence-corrected chi connectivity index (χ1v) is 9.13. The summed E-state index contributed by atoms with van der Waals surface area (Å²) in [5.41, 5.74) is 2.09. The second-order valence-corrected chi connectivity index (χ2v) is 6.28.